The summed E-state index contributed by atoms with van der Waals surface area (Å²) in [4.78, 5) is 13.3. The molecule has 0 amide bonds. The molecule has 0 saturated carbocycles. The van der Waals surface area contributed by atoms with Crippen molar-refractivity contribution in [2.24, 2.45) is 0 Å². The van der Waals surface area contributed by atoms with Gasteiger partial charge in [0.25, 0.3) is 5.69 Å². The van der Waals surface area contributed by atoms with Gasteiger partial charge in [-0.1, -0.05) is 12.1 Å². The Labute approximate surface area is 129 Å². The molecule has 1 N–H and O–H groups in total. The van der Waals surface area contributed by atoms with Gasteiger partial charge in [-0.2, -0.15) is 0 Å². The SMILES string of the molecule is Cc1ccc(C(C)NCc2cc(C)c(C)s2)cc1[N+](=O)[O-]. The lowest BCUT2D eigenvalue weighted by atomic mass is 10.0. The summed E-state index contributed by atoms with van der Waals surface area (Å²) in [5.74, 6) is 0. The Balaban J connectivity index is 2.08. The monoisotopic (exact) mass is 304 g/mol. The van der Waals surface area contributed by atoms with Crippen LogP contribution in [0.1, 0.15) is 39.4 Å². The highest BCUT2D eigenvalue weighted by atomic mass is 32.1. The van der Waals surface area contributed by atoms with Crippen LogP contribution in [0.4, 0.5) is 5.69 Å². The third-order valence-corrected chi connectivity index (χ3v) is 4.88. The van der Waals surface area contributed by atoms with E-state index in [4.69, 9.17) is 0 Å². The predicted octanol–water partition coefficient (Wildman–Crippen LogP) is 4.43. The van der Waals surface area contributed by atoms with Gasteiger partial charge in [0.2, 0.25) is 0 Å². The molecule has 1 atom stereocenters. The molecule has 0 bridgehead atoms. The number of rotatable bonds is 5. The van der Waals surface area contributed by atoms with Gasteiger partial charge in [-0.15, -0.1) is 11.3 Å². The second-order valence-electron chi connectivity index (χ2n) is 5.36. The molecular weight excluding hydrogens is 284 g/mol. The van der Waals surface area contributed by atoms with Crippen LogP contribution in [0.2, 0.25) is 0 Å². The molecular formula is C16H20N2O2S. The van der Waals surface area contributed by atoms with E-state index in [2.05, 4.69) is 25.2 Å². The van der Waals surface area contributed by atoms with Crippen LogP contribution >= 0.6 is 11.3 Å². The molecule has 0 saturated heterocycles. The number of nitrogens with one attached hydrogen (secondary N) is 1. The maximum Gasteiger partial charge on any atom is 0.272 e. The van der Waals surface area contributed by atoms with Crippen LogP contribution in [0.15, 0.2) is 24.3 Å². The first-order valence-electron chi connectivity index (χ1n) is 6.92. The van der Waals surface area contributed by atoms with Gasteiger partial charge in [-0.3, -0.25) is 10.1 Å². The molecule has 0 aliphatic carbocycles. The standard InChI is InChI=1S/C16H20N2O2S/c1-10-5-6-14(8-16(10)18(19)20)12(3)17-9-15-7-11(2)13(4)21-15/h5-8,12,17H,9H2,1-4H3. The highest BCUT2D eigenvalue weighted by molar-refractivity contribution is 7.12. The van der Waals surface area contributed by atoms with Crippen LogP contribution in [0.5, 0.6) is 0 Å². The lowest BCUT2D eigenvalue weighted by Crippen LogP contribution is -2.17. The van der Waals surface area contributed by atoms with Gasteiger partial charge in [0.1, 0.15) is 0 Å². The summed E-state index contributed by atoms with van der Waals surface area (Å²) in [7, 11) is 0. The van der Waals surface area contributed by atoms with Crippen LogP contribution in [0.3, 0.4) is 0 Å². The molecule has 0 fully saturated rings. The zero-order chi connectivity index (χ0) is 15.6. The van der Waals surface area contributed by atoms with Gasteiger partial charge < -0.3 is 5.32 Å². The lowest BCUT2D eigenvalue weighted by Gasteiger charge is -2.14. The molecule has 21 heavy (non-hydrogen) atoms. The molecule has 112 valence electrons. The van der Waals surface area contributed by atoms with Crippen molar-refractivity contribution in [1.82, 2.24) is 5.32 Å². The number of thiophene rings is 1. The van der Waals surface area contributed by atoms with E-state index in [-0.39, 0.29) is 16.7 Å². The highest BCUT2D eigenvalue weighted by Gasteiger charge is 2.14. The summed E-state index contributed by atoms with van der Waals surface area (Å²) in [5.41, 5.74) is 3.14. The van der Waals surface area contributed by atoms with E-state index in [1.54, 1.807) is 24.3 Å². The first kappa shape index (κ1) is 15.7. The van der Waals surface area contributed by atoms with Crippen LogP contribution in [-0.2, 0) is 6.54 Å². The summed E-state index contributed by atoms with van der Waals surface area (Å²) in [6.07, 6.45) is 0. The normalized spacial score (nSPS) is 12.4. The summed E-state index contributed by atoms with van der Waals surface area (Å²) in [6.45, 7) is 8.81. The van der Waals surface area contributed by atoms with Crippen molar-refractivity contribution in [2.75, 3.05) is 0 Å². The second-order valence-corrected chi connectivity index (χ2v) is 6.70. The number of hydrogen-bond acceptors (Lipinski definition) is 4. The van der Waals surface area contributed by atoms with Crippen LogP contribution < -0.4 is 5.32 Å². The molecule has 1 unspecified atom stereocenters. The van der Waals surface area contributed by atoms with Gasteiger partial charge in [-0.05, 0) is 44.9 Å². The highest BCUT2D eigenvalue weighted by Crippen LogP contribution is 2.25. The minimum atomic E-state index is -0.322. The number of nitro benzene ring substituents is 1. The number of nitrogens with zero attached hydrogens (tertiary/aromatic N) is 1. The molecule has 0 spiro atoms. The van der Waals surface area contributed by atoms with Crippen molar-refractivity contribution in [3.63, 3.8) is 0 Å². The average molecular weight is 304 g/mol. The first-order chi connectivity index (χ1) is 9.88. The topological polar surface area (TPSA) is 55.2 Å². The summed E-state index contributed by atoms with van der Waals surface area (Å²) >= 11 is 1.79. The minimum Gasteiger partial charge on any atom is -0.305 e. The number of hydrogen-bond donors (Lipinski definition) is 1. The Morgan fingerprint density at radius 2 is 1.95 bits per heavy atom. The van der Waals surface area contributed by atoms with Crippen molar-refractivity contribution in [3.8, 4) is 0 Å². The van der Waals surface area contributed by atoms with Gasteiger partial charge >= 0.3 is 0 Å². The fourth-order valence-electron chi connectivity index (χ4n) is 2.20. The second kappa shape index (κ2) is 6.37. The Kier molecular flexibility index (Phi) is 4.75. The largest absolute Gasteiger partial charge is 0.305 e. The fourth-order valence-corrected chi connectivity index (χ4v) is 3.21. The van der Waals surface area contributed by atoms with Crippen molar-refractivity contribution in [1.29, 1.82) is 0 Å². The third-order valence-electron chi connectivity index (χ3n) is 3.73. The fraction of sp³-hybridized carbons (Fsp3) is 0.375. The Morgan fingerprint density at radius 3 is 2.52 bits per heavy atom. The van der Waals surface area contributed by atoms with Crippen molar-refractivity contribution >= 4 is 17.0 Å². The Hall–Kier alpha value is -1.72. The molecule has 2 aromatic rings. The molecule has 1 aromatic heterocycles. The maximum absolute atomic E-state index is 11.0. The number of benzene rings is 1. The van der Waals surface area contributed by atoms with Crippen LogP contribution in [0, 0.1) is 30.9 Å². The van der Waals surface area contributed by atoms with Gasteiger partial charge in [0.05, 0.1) is 4.92 Å². The smallest absolute Gasteiger partial charge is 0.272 e. The van der Waals surface area contributed by atoms with Crippen LogP contribution in [0.25, 0.3) is 0 Å². The predicted molar refractivity (Wildman–Crippen MR) is 86.9 cm³/mol. The molecule has 1 heterocycles. The van der Waals surface area contributed by atoms with Gasteiger partial charge in [0, 0.05) is 34.0 Å². The quantitative estimate of drug-likeness (QED) is 0.656. The number of nitro groups is 1. The van der Waals surface area contributed by atoms with E-state index in [0.717, 1.165) is 12.1 Å². The third kappa shape index (κ3) is 3.68. The zero-order valence-electron chi connectivity index (χ0n) is 12.8. The summed E-state index contributed by atoms with van der Waals surface area (Å²) < 4.78 is 0. The summed E-state index contributed by atoms with van der Waals surface area (Å²) in [6, 6.07) is 7.69. The van der Waals surface area contributed by atoms with Crippen molar-refractivity contribution in [3.05, 3.63) is 60.8 Å². The minimum absolute atomic E-state index is 0.0759. The first-order valence-corrected chi connectivity index (χ1v) is 7.74. The van der Waals surface area contributed by atoms with E-state index in [0.29, 0.717) is 5.56 Å². The van der Waals surface area contributed by atoms with E-state index in [9.17, 15) is 10.1 Å². The average Bonchev–Trinajstić information content (AvgIpc) is 2.75. The molecule has 2 rings (SSSR count). The number of aryl methyl sites for hydroxylation is 3. The molecule has 0 aliphatic heterocycles. The van der Waals surface area contributed by atoms with E-state index in [1.807, 2.05) is 19.1 Å². The van der Waals surface area contributed by atoms with E-state index >= 15 is 0 Å². The molecule has 4 nitrogen and oxygen atoms in total. The summed E-state index contributed by atoms with van der Waals surface area (Å²) in [5, 5.41) is 14.4. The molecule has 5 heteroatoms. The molecule has 0 aliphatic rings. The zero-order valence-corrected chi connectivity index (χ0v) is 13.6. The molecule has 1 aromatic carbocycles. The van der Waals surface area contributed by atoms with Gasteiger partial charge in [0.15, 0.2) is 0 Å². The Morgan fingerprint density at radius 1 is 1.24 bits per heavy atom. The lowest BCUT2D eigenvalue weighted by molar-refractivity contribution is -0.385. The molecule has 0 radical (unpaired) electrons. The van der Waals surface area contributed by atoms with Crippen molar-refractivity contribution in [2.45, 2.75) is 40.3 Å². The van der Waals surface area contributed by atoms with E-state index < -0.39 is 0 Å². The van der Waals surface area contributed by atoms with E-state index in [1.165, 1.54) is 15.3 Å². The van der Waals surface area contributed by atoms with Crippen LogP contribution in [-0.4, -0.2) is 4.92 Å². The van der Waals surface area contributed by atoms with Crippen molar-refractivity contribution < 1.29 is 4.92 Å². The van der Waals surface area contributed by atoms with Gasteiger partial charge in [-0.25, -0.2) is 0 Å². The maximum atomic E-state index is 11.0. The Bertz CT molecular complexity index is 645.